The van der Waals surface area contributed by atoms with Crippen molar-refractivity contribution in [3.05, 3.63) is 15.3 Å². The largest absolute Gasteiger partial charge is 0.574 e. The lowest BCUT2D eigenvalue weighted by atomic mass is 10.3. The molecule has 1 aromatic heterocycles. The second-order valence-electron chi connectivity index (χ2n) is 2.61. The van der Waals surface area contributed by atoms with Gasteiger partial charge in [-0.2, -0.15) is 0 Å². The Morgan fingerprint density at radius 2 is 2.12 bits per heavy atom. The number of ether oxygens (including phenoxy) is 2. The Hall–Kier alpha value is -0.440. The number of hydrogen-bond acceptors (Lipinski definition) is 3. The van der Waals surface area contributed by atoms with Gasteiger partial charge in [-0.05, 0) is 22.6 Å². The summed E-state index contributed by atoms with van der Waals surface area (Å²) < 4.78 is 44.9. The molecule has 0 bridgehead atoms. The van der Waals surface area contributed by atoms with Gasteiger partial charge in [0.25, 0.3) is 0 Å². The molecule has 1 heterocycles. The van der Waals surface area contributed by atoms with Crippen molar-refractivity contribution < 1.29 is 22.6 Å². The fourth-order valence-corrected chi connectivity index (χ4v) is 2.17. The average Bonchev–Trinajstić information content (AvgIpc) is 2.19. The van der Waals surface area contributed by atoms with Crippen LogP contribution >= 0.6 is 34.2 Å². The Bertz CT molecular complexity index is 386. The van der Waals surface area contributed by atoms with E-state index in [1.54, 1.807) is 22.6 Å². The monoisotopic (exact) mass is 367 g/mol. The van der Waals surface area contributed by atoms with E-state index < -0.39 is 12.2 Å². The van der Waals surface area contributed by atoms with Crippen LogP contribution in [0.2, 0.25) is 0 Å². The van der Waals surface area contributed by atoms with Crippen LogP contribution < -0.4 is 9.47 Å². The van der Waals surface area contributed by atoms with Gasteiger partial charge >= 0.3 is 6.36 Å². The van der Waals surface area contributed by atoms with Crippen LogP contribution in [0, 0.1) is 3.57 Å². The van der Waals surface area contributed by atoms with Gasteiger partial charge in [-0.25, -0.2) is 4.98 Å². The number of methoxy groups -OCH3 is 1. The molecule has 0 unspecified atom stereocenters. The number of alkyl halides is 4. The molecule has 0 aliphatic carbocycles. The summed E-state index contributed by atoms with van der Waals surface area (Å²) in [6, 6.07) is 0. The van der Waals surface area contributed by atoms with Crippen molar-refractivity contribution in [1.82, 2.24) is 4.98 Å². The first kappa shape index (κ1) is 13.6. The van der Waals surface area contributed by atoms with Crippen molar-refractivity contribution in [2.75, 3.05) is 7.11 Å². The van der Waals surface area contributed by atoms with Crippen LogP contribution in [0.15, 0.2) is 6.20 Å². The fraction of sp³-hybridized carbons (Fsp3) is 0.375. The van der Waals surface area contributed by atoms with Gasteiger partial charge in [0, 0.05) is 5.56 Å². The molecule has 0 spiro atoms. The third-order valence-electron chi connectivity index (χ3n) is 1.62. The molecule has 0 saturated heterocycles. The lowest BCUT2D eigenvalue weighted by Gasteiger charge is -2.13. The van der Waals surface area contributed by atoms with Crippen LogP contribution in [-0.4, -0.2) is 18.5 Å². The fourth-order valence-electron chi connectivity index (χ4n) is 0.970. The zero-order valence-electron chi connectivity index (χ0n) is 7.94. The summed E-state index contributed by atoms with van der Waals surface area (Å²) in [5.41, 5.74) is 0.416. The van der Waals surface area contributed by atoms with Crippen molar-refractivity contribution in [3.8, 4) is 11.6 Å². The van der Waals surface area contributed by atoms with Crippen LogP contribution in [0.4, 0.5) is 13.2 Å². The van der Waals surface area contributed by atoms with Crippen molar-refractivity contribution in [3.63, 3.8) is 0 Å². The maximum absolute atomic E-state index is 12.0. The molecule has 0 N–H and O–H groups in total. The van der Waals surface area contributed by atoms with E-state index in [9.17, 15) is 13.2 Å². The van der Waals surface area contributed by atoms with E-state index in [1.807, 2.05) is 0 Å². The predicted molar refractivity (Wildman–Crippen MR) is 59.7 cm³/mol. The molecular formula is C8H6ClF3INO2. The van der Waals surface area contributed by atoms with E-state index >= 15 is 0 Å². The second kappa shape index (κ2) is 5.26. The maximum atomic E-state index is 12.0. The minimum Gasteiger partial charge on any atom is -0.495 e. The summed E-state index contributed by atoms with van der Waals surface area (Å²) in [5, 5.41) is 0. The molecule has 0 aromatic carbocycles. The van der Waals surface area contributed by atoms with Crippen LogP contribution in [-0.2, 0) is 5.88 Å². The Kier molecular flexibility index (Phi) is 4.48. The highest BCUT2D eigenvalue weighted by molar-refractivity contribution is 14.1. The summed E-state index contributed by atoms with van der Waals surface area (Å²) in [6.07, 6.45) is -3.63. The number of rotatable bonds is 3. The molecular weight excluding hydrogens is 361 g/mol. The first-order valence-electron chi connectivity index (χ1n) is 3.92. The molecule has 0 aliphatic heterocycles. The summed E-state index contributed by atoms with van der Waals surface area (Å²) >= 11 is 7.29. The quantitative estimate of drug-likeness (QED) is 0.607. The highest BCUT2D eigenvalue weighted by Gasteiger charge is 2.33. The van der Waals surface area contributed by atoms with Gasteiger partial charge in [0.2, 0.25) is 5.88 Å². The van der Waals surface area contributed by atoms with Crippen molar-refractivity contribution in [1.29, 1.82) is 0 Å². The Labute approximate surface area is 108 Å². The lowest BCUT2D eigenvalue weighted by molar-refractivity contribution is -0.276. The number of pyridine rings is 1. The minimum absolute atomic E-state index is 0.0121. The first-order valence-corrected chi connectivity index (χ1v) is 5.53. The molecule has 3 nitrogen and oxygen atoms in total. The van der Waals surface area contributed by atoms with E-state index in [0.29, 0.717) is 11.3 Å². The van der Waals surface area contributed by atoms with Gasteiger partial charge in [-0.1, -0.05) is 0 Å². The Morgan fingerprint density at radius 1 is 1.50 bits per heavy atom. The zero-order valence-corrected chi connectivity index (χ0v) is 10.9. The number of halogens is 5. The third kappa shape index (κ3) is 3.27. The molecule has 90 valence electrons. The molecule has 8 heteroatoms. The van der Waals surface area contributed by atoms with Crippen LogP contribution in [0.1, 0.15) is 5.56 Å². The van der Waals surface area contributed by atoms with E-state index in [0.717, 1.165) is 6.20 Å². The second-order valence-corrected chi connectivity index (χ2v) is 3.95. The highest BCUT2D eigenvalue weighted by Crippen LogP contribution is 2.33. The van der Waals surface area contributed by atoms with E-state index in [4.69, 9.17) is 16.3 Å². The standard InChI is InChI=1S/C8H6ClF3INO2/c1-15-5-3-14-7(16-8(10,11)12)6(13)4(5)2-9/h3H,2H2,1H3. The van der Waals surface area contributed by atoms with E-state index in [-0.39, 0.29) is 9.45 Å². The topological polar surface area (TPSA) is 31.4 Å². The van der Waals surface area contributed by atoms with Gasteiger partial charge in [-0.15, -0.1) is 24.8 Å². The van der Waals surface area contributed by atoms with Gasteiger partial charge < -0.3 is 9.47 Å². The summed E-state index contributed by atoms with van der Waals surface area (Å²) in [6.45, 7) is 0. The molecule has 16 heavy (non-hydrogen) atoms. The lowest BCUT2D eigenvalue weighted by Crippen LogP contribution is -2.19. The molecule has 0 radical (unpaired) electrons. The average molecular weight is 367 g/mol. The number of hydrogen-bond donors (Lipinski definition) is 0. The minimum atomic E-state index is -4.77. The first-order chi connectivity index (χ1) is 7.39. The van der Waals surface area contributed by atoms with Crippen molar-refractivity contribution >= 4 is 34.2 Å². The maximum Gasteiger partial charge on any atom is 0.574 e. The van der Waals surface area contributed by atoms with Crippen LogP contribution in [0.3, 0.4) is 0 Å². The molecule has 0 fully saturated rings. The summed E-state index contributed by atoms with van der Waals surface area (Å²) in [4.78, 5) is 3.51. The predicted octanol–water partition coefficient (Wildman–Crippen LogP) is 3.33. The van der Waals surface area contributed by atoms with Crippen molar-refractivity contribution in [2.45, 2.75) is 12.2 Å². The summed E-state index contributed by atoms with van der Waals surface area (Å²) in [7, 11) is 1.38. The normalized spacial score (nSPS) is 11.4. The van der Waals surface area contributed by atoms with Gasteiger partial charge in [0.15, 0.2) is 0 Å². The molecule has 0 saturated carbocycles. The van der Waals surface area contributed by atoms with Gasteiger partial charge in [0.1, 0.15) is 5.75 Å². The van der Waals surface area contributed by atoms with Crippen LogP contribution in [0.25, 0.3) is 0 Å². The number of aromatic nitrogens is 1. The highest BCUT2D eigenvalue weighted by atomic mass is 127. The van der Waals surface area contributed by atoms with Crippen molar-refractivity contribution in [2.24, 2.45) is 0 Å². The van der Waals surface area contributed by atoms with E-state index in [2.05, 4.69) is 9.72 Å². The molecule has 0 atom stereocenters. The Balaban J connectivity index is 3.14. The molecule has 0 amide bonds. The summed E-state index contributed by atoms with van der Waals surface area (Å²) in [5.74, 6) is -0.184. The van der Waals surface area contributed by atoms with Gasteiger partial charge in [0.05, 0.1) is 22.8 Å². The molecule has 0 aliphatic rings. The Morgan fingerprint density at radius 3 is 2.56 bits per heavy atom. The molecule has 1 aromatic rings. The third-order valence-corrected chi connectivity index (χ3v) is 2.99. The SMILES string of the molecule is COc1cnc(OC(F)(F)F)c(I)c1CCl. The van der Waals surface area contributed by atoms with Crippen LogP contribution in [0.5, 0.6) is 11.6 Å². The van der Waals surface area contributed by atoms with Gasteiger partial charge in [-0.3, -0.25) is 0 Å². The smallest absolute Gasteiger partial charge is 0.495 e. The van der Waals surface area contributed by atoms with E-state index in [1.165, 1.54) is 7.11 Å². The number of nitrogens with zero attached hydrogens (tertiary/aromatic N) is 1. The zero-order chi connectivity index (χ0) is 12.3. The molecule has 1 rings (SSSR count).